The molecule has 0 aromatic rings. The lowest BCUT2D eigenvalue weighted by Gasteiger charge is -2.14. The highest BCUT2D eigenvalue weighted by Crippen LogP contribution is 2.16. The topological polar surface area (TPSA) is 15.6 Å². The van der Waals surface area contributed by atoms with Gasteiger partial charge >= 0.3 is 0 Å². The average molecular weight is 223 g/mol. The number of hydrogen-bond donors (Lipinski definition) is 0. The first-order valence-corrected chi connectivity index (χ1v) is 5.39. The molecular weight excluding hydrogens is 212 g/mol. The van der Waals surface area contributed by atoms with Crippen LogP contribution in [0.4, 0.5) is 0 Å². The fraction of sp³-hybridized carbons (Fsp3) is 0.833. The zero-order valence-corrected chi connectivity index (χ0v) is 8.41. The summed E-state index contributed by atoms with van der Waals surface area (Å²) in [5, 5.41) is 2.23. The summed E-state index contributed by atoms with van der Waals surface area (Å²) >= 11 is 5.26. The molecule has 0 saturated carbocycles. The van der Waals surface area contributed by atoms with Crippen LogP contribution in [0.15, 0.2) is 4.99 Å². The number of amidine groups is 1. The molecule has 0 amide bonds. The van der Waals surface area contributed by atoms with Crippen LogP contribution in [0.1, 0.15) is 0 Å². The van der Waals surface area contributed by atoms with Gasteiger partial charge in [0, 0.05) is 31.2 Å². The van der Waals surface area contributed by atoms with Crippen LogP contribution >= 0.6 is 27.7 Å². The third kappa shape index (κ3) is 1.89. The second-order valence-corrected chi connectivity index (χ2v) is 3.89. The maximum Gasteiger partial charge on any atom is 0.159 e. The van der Waals surface area contributed by atoms with Gasteiger partial charge in [0.25, 0.3) is 0 Å². The summed E-state index contributed by atoms with van der Waals surface area (Å²) in [6.07, 6.45) is 0. The highest BCUT2D eigenvalue weighted by Gasteiger charge is 2.16. The summed E-state index contributed by atoms with van der Waals surface area (Å²) < 4.78 is 0. The molecule has 1 rings (SSSR count). The molecule has 4 heteroatoms. The van der Waals surface area contributed by atoms with E-state index in [2.05, 4.69) is 25.8 Å². The second-order valence-electron chi connectivity index (χ2n) is 2.03. The number of alkyl halides is 1. The summed E-state index contributed by atoms with van der Waals surface area (Å²) in [6, 6.07) is 0. The SMILES string of the molecule is CN=C1SCCN1CCBr. The van der Waals surface area contributed by atoms with Gasteiger partial charge in [-0.15, -0.1) is 0 Å². The van der Waals surface area contributed by atoms with Crippen molar-refractivity contribution in [1.82, 2.24) is 4.90 Å². The maximum atomic E-state index is 4.17. The predicted molar refractivity (Wildman–Crippen MR) is 51.2 cm³/mol. The Morgan fingerprint density at radius 3 is 3.20 bits per heavy atom. The highest BCUT2D eigenvalue weighted by molar-refractivity contribution is 9.09. The Morgan fingerprint density at radius 2 is 2.60 bits per heavy atom. The number of hydrogen-bond acceptors (Lipinski definition) is 2. The molecule has 0 aliphatic carbocycles. The minimum Gasteiger partial charge on any atom is -0.350 e. The fourth-order valence-corrected chi connectivity index (χ4v) is 2.37. The molecule has 1 fully saturated rings. The summed E-state index contributed by atoms with van der Waals surface area (Å²) in [6.45, 7) is 2.24. The largest absolute Gasteiger partial charge is 0.350 e. The lowest BCUT2D eigenvalue weighted by Crippen LogP contribution is -2.26. The lowest BCUT2D eigenvalue weighted by molar-refractivity contribution is 0.493. The molecule has 2 nitrogen and oxygen atoms in total. The maximum absolute atomic E-state index is 4.17. The smallest absolute Gasteiger partial charge is 0.159 e. The standard InChI is InChI=1S/C6H11BrN2S/c1-8-6-9(3-2-7)4-5-10-6/h2-5H2,1H3. The Labute approximate surface area is 74.2 Å². The first-order chi connectivity index (χ1) is 4.88. The van der Waals surface area contributed by atoms with Gasteiger partial charge in [-0.1, -0.05) is 27.7 Å². The van der Waals surface area contributed by atoms with Crippen molar-refractivity contribution in [2.45, 2.75) is 0 Å². The Bertz CT molecular complexity index is 138. The molecule has 0 unspecified atom stereocenters. The molecular formula is C6H11BrN2S. The van der Waals surface area contributed by atoms with Crippen molar-refractivity contribution in [3.8, 4) is 0 Å². The van der Waals surface area contributed by atoms with E-state index in [-0.39, 0.29) is 0 Å². The van der Waals surface area contributed by atoms with Gasteiger partial charge in [0.1, 0.15) is 0 Å². The van der Waals surface area contributed by atoms with Gasteiger partial charge in [0.2, 0.25) is 0 Å². The third-order valence-electron chi connectivity index (χ3n) is 1.41. The summed E-state index contributed by atoms with van der Waals surface area (Å²) in [5.41, 5.74) is 0. The van der Waals surface area contributed by atoms with Crippen LogP contribution in [-0.4, -0.2) is 41.3 Å². The van der Waals surface area contributed by atoms with E-state index in [1.54, 1.807) is 0 Å². The Morgan fingerprint density at radius 1 is 1.80 bits per heavy atom. The minimum atomic E-state index is 1.03. The predicted octanol–water partition coefficient (Wildman–Crippen LogP) is 1.42. The molecule has 0 atom stereocenters. The van der Waals surface area contributed by atoms with Crippen molar-refractivity contribution in [2.75, 3.05) is 31.2 Å². The van der Waals surface area contributed by atoms with Crippen LogP contribution in [0.2, 0.25) is 0 Å². The van der Waals surface area contributed by atoms with E-state index in [9.17, 15) is 0 Å². The number of nitrogens with zero attached hydrogens (tertiary/aromatic N) is 2. The molecule has 1 saturated heterocycles. The summed E-state index contributed by atoms with van der Waals surface area (Å²) in [5.74, 6) is 1.19. The van der Waals surface area contributed by atoms with Crippen LogP contribution in [0.5, 0.6) is 0 Å². The van der Waals surface area contributed by atoms with E-state index >= 15 is 0 Å². The molecule has 1 aliphatic heterocycles. The zero-order valence-electron chi connectivity index (χ0n) is 6.01. The van der Waals surface area contributed by atoms with Crippen molar-refractivity contribution in [3.05, 3.63) is 0 Å². The Balaban J connectivity index is 2.42. The Hall–Kier alpha value is 0.300. The quantitative estimate of drug-likeness (QED) is 0.658. The van der Waals surface area contributed by atoms with Gasteiger partial charge in [-0.3, -0.25) is 4.99 Å². The molecule has 0 radical (unpaired) electrons. The van der Waals surface area contributed by atoms with Crippen LogP contribution in [0.25, 0.3) is 0 Å². The average Bonchev–Trinajstić information content (AvgIpc) is 2.36. The number of thioether (sulfide) groups is 1. The molecule has 0 bridgehead atoms. The minimum absolute atomic E-state index is 1.03. The van der Waals surface area contributed by atoms with Crippen molar-refractivity contribution in [3.63, 3.8) is 0 Å². The van der Waals surface area contributed by atoms with E-state index in [0.717, 1.165) is 18.4 Å². The fourth-order valence-electron chi connectivity index (χ4n) is 0.949. The molecule has 0 aromatic heterocycles. The summed E-state index contributed by atoms with van der Waals surface area (Å²) in [7, 11) is 1.86. The van der Waals surface area contributed by atoms with E-state index in [4.69, 9.17) is 0 Å². The molecule has 10 heavy (non-hydrogen) atoms. The second kappa shape index (κ2) is 4.23. The van der Waals surface area contributed by atoms with Gasteiger partial charge in [-0.25, -0.2) is 0 Å². The van der Waals surface area contributed by atoms with Crippen molar-refractivity contribution in [1.29, 1.82) is 0 Å². The van der Waals surface area contributed by atoms with Crippen molar-refractivity contribution in [2.24, 2.45) is 4.99 Å². The molecule has 58 valence electrons. The van der Waals surface area contributed by atoms with Gasteiger partial charge in [-0.05, 0) is 0 Å². The van der Waals surface area contributed by atoms with Crippen LogP contribution in [-0.2, 0) is 0 Å². The van der Waals surface area contributed by atoms with Crippen molar-refractivity contribution < 1.29 is 0 Å². The number of aliphatic imine (C=N–C) groups is 1. The van der Waals surface area contributed by atoms with Gasteiger partial charge in [-0.2, -0.15) is 0 Å². The zero-order chi connectivity index (χ0) is 7.40. The van der Waals surface area contributed by atoms with E-state index in [0.29, 0.717) is 0 Å². The monoisotopic (exact) mass is 222 g/mol. The third-order valence-corrected chi connectivity index (χ3v) is 2.85. The molecule has 0 spiro atoms. The van der Waals surface area contributed by atoms with E-state index in [1.165, 1.54) is 10.9 Å². The van der Waals surface area contributed by atoms with E-state index < -0.39 is 0 Å². The van der Waals surface area contributed by atoms with Gasteiger partial charge < -0.3 is 4.90 Å². The van der Waals surface area contributed by atoms with E-state index in [1.807, 2.05) is 18.8 Å². The lowest BCUT2D eigenvalue weighted by atomic mass is 10.6. The van der Waals surface area contributed by atoms with Crippen molar-refractivity contribution >= 4 is 32.9 Å². The highest BCUT2D eigenvalue weighted by atomic mass is 79.9. The van der Waals surface area contributed by atoms with Crippen LogP contribution < -0.4 is 0 Å². The Kier molecular flexibility index (Phi) is 3.56. The van der Waals surface area contributed by atoms with Crippen LogP contribution in [0.3, 0.4) is 0 Å². The normalized spacial score (nSPS) is 22.6. The molecule has 0 aromatic carbocycles. The molecule has 1 aliphatic rings. The molecule has 1 heterocycles. The first-order valence-electron chi connectivity index (χ1n) is 3.29. The number of rotatable bonds is 2. The first kappa shape index (κ1) is 8.40. The summed E-state index contributed by atoms with van der Waals surface area (Å²) in [4.78, 5) is 6.48. The van der Waals surface area contributed by atoms with Crippen LogP contribution in [0, 0.1) is 0 Å². The number of halogens is 1. The van der Waals surface area contributed by atoms with Gasteiger partial charge in [0.05, 0.1) is 0 Å². The molecule has 0 N–H and O–H groups in total. The van der Waals surface area contributed by atoms with Gasteiger partial charge in [0.15, 0.2) is 5.17 Å².